The summed E-state index contributed by atoms with van der Waals surface area (Å²) >= 11 is 9.37. The lowest BCUT2D eigenvalue weighted by Crippen LogP contribution is -2.00. The number of thiazole rings is 1. The maximum absolute atomic E-state index is 10.8. The smallest absolute Gasteiger partial charge is 0.357 e. The normalized spacial score (nSPS) is 10.6. The van der Waals surface area contributed by atoms with E-state index < -0.39 is 5.97 Å². The maximum atomic E-state index is 10.8. The second-order valence-electron chi connectivity index (χ2n) is 2.77. The molecule has 2 aromatic heterocycles. The van der Waals surface area contributed by atoms with Crippen LogP contribution >= 0.6 is 54.5 Å². The molecule has 0 atom stereocenters. The zero-order valence-corrected chi connectivity index (χ0v) is 12.3. The molecule has 0 saturated heterocycles. The summed E-state index contributed by atoms with van der Waals surface area (Å²) in [6.07, 6.45) is 0. The molecule has 8 heteroatoms. The Kier molecular flexibility index (Phi) is 3.34. The first-order chi connectivity index (χ1) is 7.49. The van der Waals surface area contributed by atoms with Gasteiger partial charge >= 0.3 is 5.97 Å². The van der Waals surface area contributed by atoms with Gasteiger partial charge in [0.2, 0.25) is 0 Å². The highest BCUT2D eigenvalue weighted by molar-refractivity contribution is 9.13. The first kappa shape index (κ1) is 12.0. The minimum absolute atomic E-state index is 0.0827. The van der Waals surface area contributed by atoms with Crippen molar-refractivity contribution in [1.29, 1.82) is 0 Å². The van der Waals surface area contributed by atoms with E-state index in [0.29, 0.717) is 5.01 Å². The SMILES string of the molecule is Nc1sc(-c2cc(Br)c(Br)s2)nc1C(=O)O. The molecule has 2 aromatic rings. The fourth-order valence-corrected chi connectivity index (χ4v) is 3.95. The summed E-state index contributed by atoms with van der Waals surface area (Å²) in [5.74, 6) is -1.10. The van der Waals surface area contributed by atoms with E-state index in [1.54, 1.807) is 0 Å². The Labute approximate surface area is 115 Å². The molecule has 84 valence electrons. The Morgan fingerprint density at radius 2 is 2.12 bits per heavy atom. The van der Waals surface area contributed by atoms with Gasteiger partial charge in [-0.1, -0.05) is 11.3 Å². The number of carboxylic acids is 1. The molecule has 0 aromatic carbocycles. The van der Waals surface area contributed by atoms with Crippen LogP contribution in [-0.4, -0.2) is 16.1 Å². The van der Waals surface area contributed by atoms with Gasteiger partial charge in [0.1, 0.15) is 10.0 Å². The van der Waals surface area contributed by atoms with Gasteiger partial charge in [0, 0.05) is 4.47 Å². The highest BCUT2D eigenvalue weighted by atomic mass is 79.9. The fraction of sp³-hybridized carbons (Fsp3) is 0. The molecule has 0 aliphatic rings. The van der Waals surface area contributed by atoms with Gasteiger partial charge in [-0.2, -0.15) is 0 Å². The summed E-state index contributed by atoms with van der Waals surface area (Å²) in [5.41, 5.74) is 5.50. The molecule has 0 aliphatic heterocycles. The van der Waals surface area contributed by atoms with Crippen LogP contribution in [0.1, 0.15) is 10.5 Å². The number of hydrogen-bond acceptors (Lipinski definition) is 5. The molecule has 0 radical (unpaired) electrons. The molecule has 2 heterocycles. The number of nitrogens with two attached hydrogens (primary N) is 1. The van der Waals surface area contributed by atoms with Crippen LogP contribution in [0.15, 0.2) is 14.3 Å². The van der Waals surface area contributed by atoms with Crippen molar-refractivity contribution in [2.75, 3.05) is 5.73 Å². The Hall–Kier alpha value is -0.440. The number of rotatable bonds is 2. The molecule has 4 nitrogen and oxygen atoms in total. The van der Waals surface area contributed by atoms with Crippen molar-refractivity contribution in [3.8, 4) is 9.88 Å². The number of anilines is 1. The van der Waals surface area contributed by atoms with Crippen LogP contribution in [0.5, 0.6) is 0 Å². The van der Waals surface area contributed by atoms with Crippen molar-refractivity contribution < 1.29 is 9.90 Å². The molecule has 0 unspecified atom stereocenters. The number of carbonyl (C=O) groups is 1. The predicted octanol–water partition coefficient (Wildman–Crippen LogP) is 3.68. The van der Waals surface area contributed by atoms with Gasteiger partial charge in [0.25, 0.3) is 0 Å². The molecule has 0 bridgehead atoms. The maximum Gasteiger partial charge on any atom is 0.357 e. The van der Waals surface area contributed by atoms with E-state index in [9.17, 15) is 4.79 Å². The number of aromatic carboxylic acids is 1. The Morgan fingerprint density at radius 3 is 2.56 bits per heavy atom. The lowest BCUT2D eigenvalue weighted by atomic mass is 10.4. The fourth-order valence-electron chi connectivity index (χ4n) is 1.04. The molecule has 16 heavy (non-hydrogen) atoms. The predicted molar refractivity (Wildman–Crippen MR) is 72.2 cm³/mol. The highest BCUT2D eigenvalue weighted by Crippen LogP contribution is 2.40. The van der Waals surface area contributed by atoms with Gasteiger partial charge in [0.05, 0.1) is 8.66 Å². The van der Waals surface area contributed by atoms with Gasteiger partial charge < -0.3 is 10.8 Å². The quantitative estimate of drug-likeness (QED) is 0.829. The minimum atomic E-state index is -1.10. The van der Waals surface area contributed by atoms with Gasteiger partial charge in [-0.3, -0.25) is 0 Å². The molecular weight excluding hydrogens is 380 g/mol. The second kappa shape index (κ2) is 4.44. The Balaban J connectivity index is 2.49. The number of nitrogens with zero attached hydrogens (tertiary/aromatic N) is 1. The van der Waals surface area contributed by atoms with Crippen LogP contribution in [0, 0.1) is 0 Å². The zero-order chi connectivity index (χ0) is 11.9. The first-order valence-electron chi connectivity index (χ1n) is 3.94. The van der Waals surface area contributed by atoms with Crippen LogP contribution < -0.4 is 5.73 Å². The summed E-state index contributed by atoms with van der Waals surface area (Å²) in [6, 6.07) is 1.87. The minimum Gasteiger partial charge on any atom is -0.476 e. The van der Waals surface area contributed by atoms with Crippen LogP contribution in [0.2, 0.25) is 0 Å². The molecule has 0 saturated carbocycles. The zero-order valence-electron chi connectivity index (χ0n) is 7.53. The number of thiophene rings is 1. The van der Waals surface area contributed by atoms with Crippen LogP contribution in [0.4, 0.5) is 5.00 Å². The first-order valence-corrected chi connectivity index (χ1v) is 7.15. The van der Waals surface area contributed by atoms with E-state index >= 15 is 0 Å². The van der Waals surface area contributed by atoms with Crippen molar-refractivity contribution >= 4 is 65.5 Å². The van der Waals surface area contributed by atoms with Gasteiger partial charge in [0.15, 0.2) is 5.69 Å². The number of carboxylic acid groups (broad SMARTS) is 1. The molecule has 0 aliphatic carbocycles. The molecular formula is C8H4Br2N2O2S2. The van der Waals surface area contributed by atoms with E-state index in [1.165, 1.54) is 22.7 Å². The van der Waals surface area contributed by atoms with Crippen molar-refractivity contribution in [3.63, 3.8) is 0 Å². The van der Waals surface area contributed by atoms with E-state index in [1.807, 2.05) is 6.07 Å². The van der Waals surface area contributed by atoms with Crippen LogP contribution in [0.3, 0.4) is 0 Å². The topological polar surface area (TPSA) is 76.2 Å². The van der Waals surface area contributed by atoms with Crippen molar-refractivity contribution in [2.45, 2.75) is 0 Å². The van der Waals surface area contributed by atoms with Gasteiger partial charge in [-0.15, -0.1) is 11.3 Å². The molecule has 2 rings (SSSR count). The van der Waals surface area contributed by atoms with E-state index in [-0.39, 0.29) is 10.7 Å². The van der Waals surface area contributed by atoms with Gasteiger partial charge in [-0.25, -0.2) is 9.78 Å². The van der Waals surface area contributed by atoms with Crippen molar-refractivity contribution in [2.24, 2.45) is 0 Å². The number of halogens is 2. The lowest BCUT2D eigenvalue weighted by molar-refractivity contribution is 0.0692. The molecule has 0 fully saturated rings. The third kappa shape index (κ3) is 2.15. The number of hydrogen-bond donors (Lipinski definition) is 2. The van der Waals surface area contributed by atoms with E-state index in [2.05, 4.69) is 36.8 Å². The van der Waals surface area contributed by atoms with Crippen LogP contribution in [0.25, 0.3) is 9.88 Å². The highest BCUT2D eigenvalue weighted by Gasteiger charge is 2.17. The Morgan fingerprint density at radius 1 is 1.44 bits per heavy atom. The summed E-state index contributed by atoms with van der Waals surface area (Å²) in [5, 5.41) is 9.68. The van der Waals surface area contributed by atoms with Crippen LogP contribution in [-0.2, 0) is 0 Å². The molecule has 3 N–H and O–H groups in total. The number of aromatic nitrogens is 1. The van der Waals surface area contributed by atoms with E-state index in [4.69, 9.17) is 10.8 Å². The standard InChI is InChI=1S/C8H4Br2N2O2S2/c9-2-1-3(15-5(2)10)7-12-4(8(13)14)6(11)16-7/h1H,11H2,(H,13,14). The number of nitrogen functional groups attached to an aromatic ring is 1. The summed E-state index contributed by atoms with van der Waals surface area (Å²) in [4.78, 5) is 15.7. The third-order valence-corrected chi connectivity index (χ3v) is 6.02. The van der Waals surface area contributed by atoms with E-state index in [0.717, 1.165) is 13.1 Å². The Bertz CT molecular complexity index is 545. The largest absolute Gasteiger partial charge is 0.476 e. The summed E-state index contributed by atoms with van der Waals surface area (Å²) in [6.45, 7) is 0. The lowest BCUT2D eigenvalue weighted by Gasteiger charge is -1.86. The third-order valence-electron chi connectivity index (χ3n) is 1.71. The second-order valence-corrected chi connectivity index (χ2v) is 7.02. The summed E-state index contributed by atoms with van der Waals surface area (Å²) in [7, 11) is 0. The molecule has 0 amide bonds. The summed E-state index contributed by atoms with van der Waals surface area (Å²) < 4.78 is 1.85. The average molecular weight is 384 g/mol. The average Bonchev–Trinajstić information content (AvgIpc) is 2.71. The van der Waals surface area contributed by atoms with Crippen molar-refractivity contribution in [3.05, 3.63) is 20.0 Å². The van der Waals surface area contributed by atoms with Crippen molar-refractivity contribution in [1.82, 2.24) is 4.98 Å². The monoisotopic (exact) mass is 382 g/mol. The molecule has 0 spiro atoms. The van der Waals surface area contributed by atoms with Gasteiger partial charge in [-0.05, 0) is 37.9 Å².